The number of nitrogens with zero attached hydrogens (tertiary/aromatic N) is 2. The van der Waals surface area contributed by atoms with Gasteiger partial charge in [-0.3, -0.25) is 14.6 Å². The molecule has 1 fully saturated rings. The second-order valence-corrected chi connectivity index (χ2v) is 10.2. The number of benzene rings is 3. The van der Waals surface area contributed by atoms with Gasteiger partial charge in [0, 0.05) is 44.3 Å². The molecule has 0 unspecified atom stereocenters. The van der Waals surface area contributed by atoms with Gasteiger partial charge in [0.05, 0.1) is 13.7 Å². The molecule has 0 radical (unpaired) electrons. The first-order chi connectivity index (χ1) is 19.2. The van der Waals surface area contributed by atoms with E-state index in [9.17, 15) is 4.79 Å². The molecule has 0 saturated carbocycles. The van der Waals surface area contributed by atoms with E-state index < -0.39 is 0 Å². The van der Waals surface area contributed by atoms with E-state index in [1.54, 1.807) is 13.2 Å². The van der Waals surface area contributed by atoms with Crippen LogP contribution in [-0.4, -0.2) is 41.9 Å². The molecule has 1 amide bonds. The number of furan rings is 1. The minimum atomic E-state index is -0.137. The fourth-order valence-electron chi connectivity index (χ4n) is 5.22. The highest BCUT2D eigenvalue weighted by Gasteiger charge is 2.23. The molecule has 2 heterocycles. The highest BCUT2D eigenvalue weighted by atomic mass is 16.5. The Morgan fingerprint density at radius 2 is 1.51 bits per heavy atom. The van der Waals surface area contributed by atoms with Crippen LogP contribution < -0.4 is 10.1 Å². The monoisotopic (exact) mass is 523 g/mol. The Morgan fingerprint density at radius 3 is 2.23 bits per heavy atom. The van der Waals surface area contributed by atoms with Crippen LogP contribution in [-0.2, 0) is 26.2 Å². The van der Waals surface area contributed by atoms with Crippen LogP contribution in [0.1, 0.15) is 45.8 Å². The minimum absolute atomic E-state index is 0.137. The standard InChI is InChI=1S/C33H37N3O3/c1-38-31-15-9-8-14-28(31)24-36(23-27-12-6-3-7-13-27)25-30-16-17-32(39-30)33(37)34-29-18-20-35(21-19-29)22-26-10-4-2-5-11-26/h2-17,29H,18-25H2,1H3,(H,34,37). The van der Waals surface area contributed by atoms with Crippen LogP contribution in [0.5, 0.6) is 5.75 Å². The van der Waals surface area contributed by atoms with E-state index in [1.807, 2.05) is 36.4 Å². The van der Waals surface area contributed by atoms with E-state index in [1.165, 1.54) is 11.1 Å². The number of amides is 1. The maximum Gasteiger partial charge on any atom is 0.287 e. The summed E-state index contributed by atoms with van der Waals surface area (Å²) in [5.74, 6) is 1.87. The normalized spacial score (nSPS) is 14.4. The molecule has 1 aliphatic heterocycles. The number of hydrogen-bond acceptors (Lipinski definition) is 5. The molecule has 1 aromatic heterocycles. The van der Waals surface area contributed by atoms with Crippen molar-refractivity contribution in [3.8, 4) is 5.75 Å². The predicted octanol–water partition coefficient (Wildman–Crippen LogP) is 5.89. The lowest BCUT2D eigenvalue weighted by Crippen LogP contribution is -2.44. The van der Waals surface area contributed by atoms with Gasteiger partial charge in [-0.05, 0) is 42.2 Å². The fourth-order valence-corrected chi connectivity index (χ4v) is 5.22. The van der Waals surface area contributed by atoms with E-state index in [-0.39, 0.29) is 11.9 Å². The van der Waals surface area contributed by atoms with Crippen LogP contribution in [0.3, 0.4) is 0 Å². The zero-order valence-electron chi connectivity index (χ0n) is 22.6. The van der Waals surface area contributed by atoms with Crippen molar-refractivity contribution in [1.82, 2.24) is 15.1 Å². The summed E-state index contributed by atoms with van der Waals surface area (Å²) in [5.41, 5.74) is 3.66. The average molecular weight is 524 g/mol. The second-order valence-electron chi connectivity index (χ2n) is 10.2. The highest BCUT2D eigenvalue weighted by Crippen LogP contribution is 2.23. The second kappa shape index (κ2) is 13.3. The molecule has 4 aromatic rings. The number of rotatable bonds is 11. The summed E-state index contributed by atoms with van der Waals surface area (Å²) in [5, 5.41) is 3.19. The van der Waals surface area contributed by atoms with Crippen molar-refractivity contribution >= 4 is 5.91 Å². The number of carbonyl (C=O) groups is 1. The molecular weight excluding hydrogens is 486 g/mol. The molecule has 1 aliphatic rings. The van der Waals surface area contributed by atoms with Gasteiger partial charge in [-0.2, -0.15) is 0 Å². The maximum absolute atomic E-state index is 13.0. The van der Waals surface area contributed by atoms with E-state index >= 15 is 0 Å². The van der Waals surface area contributed by atoms with Gasteiger partial charge in [-0.1, -0.05) is 78.9 Å². The van der Waals surface area contributed by atoms with E-state index in [0.29, 0.717) is 18.8 Å². The average Bonchev–Trinajstić information content (AvgIpc) is 3.44. The summed E-state index contributed by atoms with van der Waals surface area (Å²) in [7, 11) is 1.70. The lowest BCUT2D eigenvalue weighted by atomic mass is 10.0. The van der Waals surface area contributed by atoms with Gasteiger partial charge < -0.3 is 14.5 Å². The third-order valence-electron chi connectivity index (χ3n) is 7.27. The minimum Gasteiger partial charge on any atom is -0.496 e. The van der Waals surface area contributed by atoms with Crippen molar-refractivity contribution < 1.29 is 13.9 Å². The first-order valence-corrected chi connectivity index (χ1v) is 13.7. The van der Waals surface area contributed by atoms with Gasteiger partial charge in [0.2, 0.25) is 0 Å². The molecule has 6 heteroatoms. The number of piperidine rings is 1. The lowest BCUT2D eigenvalue weighted by Gasteiger charge is -2.32. The van der Waals surface area contributed by atoms with Crippen LogP contribution in [0.2, 0.25) is 0 Å². The molecule has 6 nitrogen and oxygen atoms in total. The summed E-state index contributed by atoms with van der Waals surface area (Å²) in [6.07, 6.45) is 1.88. The topological polar surface area (TPSA) is 58.0 Å². The van der Waals surface area contributed by atoms with Gasteiger partial charge in [0.1, 0.15) is 11.5 Å². The van der Waals surface area contributed by atoms with Crippen molar-refractivity contribution in [1.29, 1.82) is 0 Å². The van der Waals surface area contributed by atoms with Crippen molar-refractivity contribution in [2.75, 3.05) is 20.2 Å². The van der Waals surface area contributed by atoms with Crippen molar-refractivity contribution in [3.05, 3.63) is 125 Å². The first kappa shape index (κ1) is 26.7. The summed E-state index contributed by atoms with van der Waals surface area (Å²) in [6.45, 7) is 4.93. The number of carbonyl (C=O) groups excluding carboxylic acids is 1. The number of methoxy groups -OCH3 is 1. The summed E-state index contributed by atoms with van der Waals surface area (Å²) in [4.78, 5) is 17.8. The molecule has 202 valence electrons. The lowest BCUT2D eigenvalue weighted by molar-refractivity contribution is 0.0876. The SMILES string of the molecule is COc1ccccc1CN(Cc1ccccc1)Cc1ccc(C(=O)NC2CCN(Cc3ccccc3)CC2)o1. The Bertz CT molecular complexity index is 1310. The molecule has 39 heavy (non-hydrogen) atoms. The smallest absolute Gasteiger partial charge is 0.287 e. The Morgan fingerprint density at radius 1 is 0.846 bits per heavy atom. The van der Waals surface area contributed by atoms with E-state index in [0.717, 1.165) is 56.1 Å². The van der Waals surface area contributed by atoms with Crippen molar-refractivity contribution in [2.45, 2.75) is 45.1 Å². The molecule has 5 rings (SSSR count). The first-order valence-electron chi connectivity index (χ1n) is 13.7. The predicted molar refractivity (Wildman–Crippen MR) is 153 cm³/mol. The van der Waals surface area contributed by atoms with Gasteiger partial charge >= 0.3 is 0 Å². The van der Waals surface area contributed by atoms with Crippen molar-refractivity contribution in [3.63, 3.8) is 0 Å². The maximum atomic E-state index is 13.0. The Hall–Kier alpha value is -3.87. The molecule has 0 atom stereocenters. The molecular formula is C33H37N3O3. The number of nitrogens with one attached hydrogen (secondary N) is 1. The van der Waals surface area contributed by atoms with Crippen LogP contribution in [0, 0.1) is 0 Å². The number of hydrogen-bond donors (Lipinski definition) is 1. The zero-order chi connectivity index (χ0) is 26.9. The molecule has 3 aromatic carbocycles. The van der Waals surface area contributed by atoms with E-state index in [4.69, 9.17) is 9.15 Å². The molecule has 1 N–H and O–H groups in total. The summed E-state index contributed by atoms with van der Waals surface area (Å²) < 4.78 is 11.6. The molecule has 1 saturated heterocycles. The van der Waals surface area contributed by atoms with Crippen LogP contribution in [0.4, 0.5) is 0 Å². The fraction of sp³-hybridized carbons (Fsp3) is 0.303. The Kier molecular flexibility index (Phi) is 9.09. The highest BCUT2D eigenvalue weighted by molar-refractivity contribution is 5.91. The molecule has 0 aliphatic carbocycles. The number of ether oxygens (including phenoxy) is 1. The molecule has 0 bridgehead atoms. The quantitative estimate of drug-likeness (QED) is 0.266. The summed E-state index contributed by atoms with van der Waals surface area (Å²) >= 11 is 0. The number of likely N-dealkylation sites (tertiary alicyclic amines) is 1. The van der Waals surface area contributed by atoms with Crippen molar-refractivity contribution in [2.24, 2.45) is 0 Å². The number of para-hydroxylation sites is 1. The molecule has 0 spiro atoms. The Balaban J connectivity index is 1.18. The van der Waals surface area contributed by atoms with Crippen LogP contribution in [0.25, 0.3) is 0 Å². The third kappa shape index (κ3) is 7.59. The summed E-state index contributed by atoms with van der Waals surface area (Å²) in [6, 6.07) is 32.9. The van der Waals surface area contributed by atoms with E-state index in [2.05, 4.69) is 69.7 Å². The third-order valence-corrected chi connectivity index (χ3v) is 7.27. The van der Waals surface area contributed by atoms with Gasteiger partial charge in [-0.15, -0.1) is 0 Å². The zero-order valence-corrected chi connectivity index (χ0v) is 22.6. The largest absolute Gasteiger partial charge is 0.496 e. The Labute approximate surface area is 231 Å². The van der Waals surface area contributed by atoms with Gasteiger partial charge in [0.15, 0.2) is 5.76 Å². The van der Waals surface area contributed by atoms with Crippen LogP contribution >= 0.6 is 0 Å². The van der Waals surface area contributed by atoms with Gasteiger partial charge in [-0.25, -0.2) is 0 Å². The van der Waals surface area contributed by atoms with Crippen LogP contribution in [0.15, 0.2) is 101 Å². The van der Waals surface area contributed by atoms with Gasteiger partial charge in [0.25, 0.3) is 5.91 Å².